The van der Waals surface area contributed by atoms with Gasteiger partial charge in [0.25, 0.3) is 5.91 Å². The van der Waals surface area contributed by atoms with Crippen LogP contribution in [0.15, 0.2) is 61.2 Å². The highest BCUT2D eigenvalue weighted by Crippen LogP contribution is 2.29. The van der Waals surface area contributed by atoms with E-state index in [2.05, 4.69) is 26.0 Å². The highest BCUT2D eigenvalue weighted by Gasteiger charge is 2.27. The monoisotopic (exact) mass is 432 g/mol. The lowest BCUT2D eigenvalue weighted by atomic mass is 9.97. The van der Waals surface area contributed by atoms with Gasteiger partial charge in [-0.05, 0) is 48.7 Å². The normalized spacial score (nSPS) is 14.7. The summed E-state index contributed by atoms with van der Waals surface area (Å²) in [5.41, 5.74) is 2.91. The van der Waals surface area contributed by atoms with E-state index >= 15 is 0 Å². The first kappa shape index (κ1) is 21.5. The molecule has 166 valence electrons. The summed E-state index contributed by atoms with van der Waals surface area (Å²) in [7, 11) is 1.79. The van der Waals surface area contributed by atoms with E-state index in [0.29, 0.717) is 23.6 Å². The average molecular weight is 433 g/mol. The maximum Gasteiger partial charge on any atom is 0.251 e. The van der Waals surface area contributed by atoms with Crippen LogP contribution in [0.4, 0.5) is 17.1 Å². The molecule has 1 aromatic carbocycles. The zero-order valence-electron chi connectivity index (χ0n) is 18.1. The van der Waals surface area contributed by atoms with E-state index < -0.39 is 6.04 Å². The summed E-state index contributed by atoms with van der Waals surface area (Å²) < 4.78 is 1.63. The summed E-state index contributed by atoms with van der Waals surface area (Å²) in [6.07, 6.45) is 12.0. The molecule has 32 heavy (non-hydrogen) atoms. The van der Waals surface area contributed by atoms with Crippen molar-refractivity contribution in [2.45, 2.75) is 38.1 Å². The molecule has 0 unspecified atom stereocenters. The number of carbonyl (C=O) groups is 2. The van der Waals surface area contributed by atoms with E-state index in [-0.39, 0.29) is 11.8 Å². The molecule has 0 spiro atoms. The number of nitrogens with one attached hydrogen (secondary N) is 3. The number of hydrogen-bond donors (Lipinski definition) is 3. The van der Waals surface area contributed by atoms with E-state index in [1.165, 1.54) is 12.8 Å². The summed E-state index contributed by atoms with van der Waals surface area (Å²) in [5, 5.41) is 13.2. The van der Waals surface area contributed by atoms with Gasteiger partial charge in [0.2, 0.25) is 5.91 Å². The molecule has 1 atom stereocenters. The predicted molar refractivity (Wildman–Crippen MR) is 124 cm³/mol. The fourth-order valence-corrected chi connectivity index (χ4v) is 4.07. The number of aromatic nitrogens is 3. The van der Waals surface area contributed by atoms with Gasteiger partial charge < -0.3 is 16.0 Å². The minimum absolute atomic E-state index is 0.214. The predicted octanol–water partition coefficient (Wildman–Crippen LogP) is 3.88. The zero-order valence-corrected chi connectivity index (χ0v) is 18.1. The maximum absolute atomic E-state index is 13.0. The third-order valence-corrected chi connectivity index (χ3v) is 5.75. The molecule has 0 bridgehead atoms. The molecule has 3 aromatic rings. The van der Waals surface area contributed by atoms with Crippen LogP contribution in [0.1, 0.15) is 42.5 Å². The molecule has 8 nitrogen and oxygen atoms in total. The number of aryl methyl sites for hydroxylation is 1. The quantitative estimate of drug-likeness (QED) is 0.502. The van der Waals surface area contributed by atoms with Gasteiger partial charge in [-0.1, -0.05) is 25.7 Å². The van der Waals surface area contributed by atoms with Crippen molar-refractivity contribution in [1.29, 1.82) is 0 Å². The fraction of sp³-hybridized carbons (Fsp3) is 0.333. The first-order chi connectivity index (χ1) is 15.6. The smallest absolute Gasteiger partial charge is 0.251 e. The van der Waals surface area contributed by atoms with Crippen molar-refractivity contribution in [2.75, 3.05) is 10.6 Å². The molecule has 1 fully saturated rings. The number of amides is 2. The van der Waals surface area contributed by atoms with Crippen molar-refractivity contribution in [2.24, 2.45) is 13.0 Å². The number of rotatable bonds is 8. The highest BCUT2D eigenvalue weighted by atomic mass is 16.2. The van der Waals surface area contributed by atoms with Crippen molar-refractivity contribution >= 4 is 28.9 Å². The van der Waals surface area contributed by atoms with Crippen molar-refractivity contribution in [3.63, 3.8) is 0 Å². The molecule has 0 saturated heterocycles. The number of anilines is 3. The summed E-state index contributed by atoms with van der Waals surface area (Å²) in [4.78, 5) is 29.9. The molecule has 1 aliphatic carbocycles. The Kier molecular flexibility index (Phi) is 6.79. The Morgan fingerprint density at radius 3 is 2.38 bits per heavy atom. The second-order valence-corrected chi connectivity index (χ2v) is 8.24. The van der Waals surface area contributed by atoms with Crippen LogP contribution in [0.2, 0.25) is 0 Å². The van der Waals surface area contributed by atoms with Gasteiger partial charge in [-0.3, -0.25) is 19.3 Å². The fourth-order valence-electron chi connectivity index (χ4n) is 4.07. The summed E-state index contributed by atoms with van der Waals surface area (Å²) in [6, 6.07) is 10.3. The van der Waals surface area contributed by atoms with E-state index in [9.17, 15) is 9.59 Å². The SMILES string of the molecule is Cn1cc(NC(=O)[C@H](CC2CCCC2)NC(=O)c2ccc(Nc3ccncc3)cc2)cn1. The number of carbonyl (C=O) groups excluding carboxylic acids is 2. The lowest BCUT2D eigenvalue weighted by Crippen LogP contribution is -2.44. The van der Waals surface area contributed by atoms with Gasteiger partial charge in [-0.25, -0.2) is 0 Å². The molecule has 1 saturated carbocycles. The van der Waals surface area contributed by atoms with Gasteiger partial charge in [0, 0.05) is 42.6 Å². The first-order valence-electron chi connectivity index (χ1n) is 10.9. The maximum atomic E-state index is 13.0. The van der Waals surface area contributed by atoms with Gasteiger partial charge in [0.15, 0.2) is 0 Å². The van der Waals surface area contributed by atoms with Crippen LogP contribution in [0, 0.1) is 5.92 Å². The van der Waals surface area contributed by atoms with E-state index in [1.807, 2.05) is 24.3 Å². The minimum atomic E-state index is -0.597. The summed E-state index contributed by atoms with van der Waals surface area (Å²) in [6.45, 7) is 0. The summed E-state index contributed by atoms with van der Waals surface area (Å²) >= 11 is 0. The Morgan fingerprint density at radius 1 is 1.03 bits per heavy atom. The van der Waals surface area contributed by atoms with E-state index in [4.69, 9.17) is 0 Å². The highest BCUT2D eigenvalue weighted by molar-refractivity contribution is 6.01. The van der Waals surface area contributed by atoms with Crippen LogP contribution < -0.4 is 16.0 Å². The van der Waals surface area contributed by atoms with Crippen LogP contribution in [-0.4, -0.2) is 32.6 Å². The topological polar surface area (TPSA) is 101 Å². The van der Waals surface area contributed by atoms with Gasteiger partial charge in [0.1, 0.15) is 6.04 Å². The molecule has 3 N–H and O–H groups in total. The summed E-state index contributed by atoms with van der Waals surface area (Å²) in [5.74, 6) is -0.0223. The van der Waals surface area contributed by atoms with Crippen molar-refractivity contribution in [1.82, 2.24) is 20.1 Å². The molecular formula is C24H28N6O2. The van der Waals surface area contributed by atoms with Crippen molar-refractivity contribution in [3.05, 3.63) is 66.7 Å². The Hall–Kier alpha value is -3.68. The molecular weight excluding hydrogens is 404 g/mol. The van der Waals surface area contributed by atoms with Crippen LogP contribution in [0.25, 0.3) is 0 Å². The van der Waals surface area contributed by atoms with Crippen molar-refractivity contribution < 1.29 is 9.59 Å². The third kappa shape index (κ3) is 5.72. The molecule has 8 heteroatoms. The van der Waals surface area contributed by atoms with Gasteiger partial charge in [0.05, 0.1) is 11.9 Å². The number of nitrogens with zero attached hydrogens (tertiary/aromatic N) is 3. The first-order valence-corrected chi connectivity index (χ1v) is 10.9. The molecule has 4 rings (SSSR count). The molecule has 2 aromatic heterocycles. The second kappa shape index (κ2) is 10.1. The lowest BCUT2D eigenvalue weighted by molar-refractivity contribution is -0.118. The number of benzene rings is 1. The standard InChI is InChI=1S/C24H28N6O2/c1-30-16-21(15-26-30)28-24(32)22(14-17-4-2-3-5-17)29-23(31)18-6-8-19(9-7-18)27-20-10-12-25-13-11-20/h6-13,15-17,22H,2-5,14H2,1H3,(H,25,27)(H,28,32)(H,29,31)/t22-/m0/s1. The Labute approximate surface area is 187 Å². The molecule has 0 aliphatic heterocycles. The largest absolute Gasteiger partial charge is 0.355 e. The van der Waals surface area contributed by atoms with Gasteiger partial charge in [-0.15, -0.1) is 0 Å². The number of hydrogen-bond acceptors (Lipinski definition) is 5. The molecule has 2 amide bonds. The molecule has 1 aliphatic rings. The van der Waals surface area contributed by atoms with Gasteiger partial charge in [-0.2, -0.15) is 5.10 Å². The van der Waals surface area contributed by atoms with Crippen LogP contribution in [-0.2, 0) is 11.8 Å². The van der Waals surface area contributed by atoms with Gasteiger partial charge >= 0.3 is 0 Å². The number of pyridine rings is 1. The van der Waals surface area contributed by atoms with Crippen molar-refractivity contribution in [3.8, 4) is 0 Å². The zero-order chi connectivity index (χ0) is 22.3. The Morgan fingerprint density at radius 2 is 1.72 bits per heavy atom. The van der Waals surface area contributed by atoms with E-state index in [0.717, 1.165) is 24.2 Å². The molecule has 2 heterocycles. The lowest BCUT2D eigenvalue weighted by Gasteiger charge is -2.21. The van der Waals surface area contributed by atoms with Crippen LogP contribution >= 0.6 is 0 Å². The second-order valence-electron chi connectivity index (χ2n) is 8.24. The average Bonchev–Trinajstić information content (AvgIpc) is 3.46. The third-order valence-electron chi connectivity index (χ3n) is 5.75. The van der Waals surface area contributed by atoms with E-state index in [1.54, 1.807) is 48.6 Å². The molecule has 0 radical (unpaired) electrons. The Balaban J connectivity index is 1.41. The van der Waals surface area contributed by atoms with Crippen LogP contribution in [0.3, 0.4) is 0 Å². The van der Waals surface area contributed by atoms with Crippen LogP contribution in [0.5, 0.6) is 0 Å². The Bertz CT molecular complexity index is 1040. The minimum Gasteiger partial charge on any atom is -0.355 e.